The minimum absolute atomic E-state index is 0.447. The van der Waals surface area contributed by atoms with Crippen LogP contribution in [0, 0.1) is 0 Å². The molecule has 0 aliphatic carbocycles. The Balaban J connectivity index is 3.14. The normalized spacial score (nSPS) is 10.5. The van der Waals surface area contributed by atoms with E-state index in [1.807, 2.05) is 14.0 Å². The van der Waals surface area contributed by atoms with Crippen molar-refractivity contribution in [3.8, 4) is 0 Å². The summed E-state index contributed by atoms with van der Waals surface area (Å²) in [4.78, 5) is 0. The van der Waals surface area contributed by atoms with Crippen LogP contribution in [0.4, 0.5) is 0 Å². The van der Waals surface area contributed by atoms with Gasteiger partial charge < -0.3 is 5.73 Å². The zero-order valence-corrected chi connectivity index (χ0v) is 7.52. The van der Waals surface area contributed by atoms with Gasteiger partial charge in [0.15, 0.2) is 0 Å². The summed E-state index contributed by atoms with van der Waals surface area (Å²) in [6, 6.07) is 0. The number of nitrogens with two attached hydrogens (primary N) is 1. The predicted octanol–water partition coefficient (Wildman–Crippen LogP) is 1.09. The molecular weight excluding hydrogens is 162 g/mol. The molecule has 0 radical (unpaired) electrons. The van der Waals surface area contributed by atoms with E-state index in [0.29, 0.717) is 6.54 Å². The third-order valence-corrected chi connectivity index (χ3v) is 2.13. The summed E-state index contributed by atoms with van der Waals surface area (Å²) in [5.41, 5.74) is 7.31. The average Bonchev–Trinajstić information content (AvgIpc) is 2.26. The first-order valence-electron chi connectivity index (χ1n) is 3.61. The molecule has 1 rings (SSSR count). The highest BCUT2D eigenvalue weighted by molar-refractivity contribution is 6.31. The number of hydrogen-bond donors (Lipinski definition) is 1. The molecule has 0 saturated carbocycles. The van der Waals surface area contributed by atoms with Crippen molar-refractivity contribution in [1.29, 1.82) is 0 Å². The maximum absolute atomic E-state index is 5.97. The summed E-state index contributed by atoms with van der Waals surface area (Å²) in [6.07, 6.45) is 0.854. The fourth-order valence-electron chi connectivity index (χ4n) is 1.04. The molecule has 0 unspecified atom stereocenters. The molecule has 0 bridgehead atoms. The summed E-state index contributed by atoms with van der Waals surface area (Å²) in [6.45, 7) is 2.47. The number of halogens is 1. The molecule has 11 heavy (non-hydrogen) atoms. The molecule has 0 spiro atoms. The molecule has 4 heteroatoms. The topological polar surface area (TPSA) is 43.8 Å². The molecule has 0 saturated heterocycles. The third kappa shape index (κ3) is 1.39. The van der Waals surface area contributed by atoms with Gasteiger partial charge in [0, 0.05) is 13.6 Å². The van der Waals surface area contributed by atoms with Crippen LogP contribution >= 0.6 is 11.6 Å². The Morgan fingerprint density at radius 3 is 2.55 bits per heavy atom. The minimum Gasteiger partial charge on any atom is -0.325 e. The van der Waals surface area contributed by atoms with Crippen LogP contribution in [0.3, 0.4) is 0 Å². The molecule has 0 amide bonds. The second-order valence-corrected chi connectivity index (χ2v) is 2.77. The van der Waals surface area contributed by atoms with E-state index in [1.54, 1.807) is 4.68 Å². The van der Waals surface area contributed by atoms with E-state index in [1.165, 1.54) is 0 Å². The largest absolute Gasteiger partial charge is 0.325 e. The maximum Gasteiger partial charge on any atom is 0.0862 e. The molecule has 0 fully saturated rings. The Labute approximate surface area is 71.1 Å². The average molecular weight is 174 g/mol. The number of hydrogen-bond acceptors (Lipinski definition) is 2. The molecule has 1 aromatic heterocycles. The number of nitrogens with zero attached hydrogens (tertiary/aromatic N) is 2. The van der Waals surface area contributed by atoms with Gasteiger partial charge in [-0.05, 0) is 6.42 Å². The Morgan fingerprint density at radius 2 is 2.27 bits per heavy atom. The van der Waals surface area contributed by atoms with Crippen LogP contribution in [0.1, 0.15) is 18.3 Å². The molecule has 0 aromatic carbocycles. The third-order valence-electron chi connectivity index (χ3n) is 1.70. The van der Waals surface area contributed by atoms with Crippen molar-refractivity contribution < 1.29 is 0 Å². The monoisotopic (exact) mass is 173 g/mol. The Kier molecular flexibility index (Phi) is 2.52. The SMILES string of the molecule is CCc1nn(C)c(CN)c1Cl. The van der Waals surface area contributed by atoms with E-state index < -0.39 is 0 Å². The van der Waals surface area contributed by atoms with Crippen LogP contribution in [0.2, 0.25) is 5.02 Å². The van der Waals surface area contributed by atoms with Gasteiger partial charge in [-0.25, -0.2) is 0 Å². The van der Waals surface area contributed by atoms with Crippen LogP contribution in [0.25, 0.3) is 0 Å². The van der Waals surface area contributed by atoms with Gasteiger partial charge in [-0.1, -0.05) is 18.5 Å². The standard InChI is InChI=1S/C7H12ClN3/c1-3-5-7(8)6(4-9)11(2)10-5/h3-4,9H2,1-2H3. The Bertz CT molecular complexity index is 254. The first-order valence-corrected chi connectivity index (χ1v) is 3.98. The van der Waals surface area contributed by atoms with Crippen LogP contribution in [0.5, 0.6) is 0 Å². The minimum atomic E-state index is 0.447. The lowest BCUT2D eigenvalue weighted by Gasteiger charge is -1.95. The lowest BCUT2D eigenvalue weighted by Crippen LogP contribution is -2.04. The number of aryl methyl sites for hydroxylation is 2. The van der Waals surface area contributed by atoms with Crippen LogP contribution in [-0.4, -0.2) is 9.78 Å². The summed E-state index contributed by atoms with van der Waals surface area (Å²) in [5, 5.41) is 4.92. The van der Waals surface area contributed by atoms with Crippen LogP contribution in [-0.2, 0) is 20.0 Å². The molecular formula is C7H12ClN3. The van der Waals surface area contributed by atoms with E-state index in [-0.39, 0.29) is 0 Å². The maximum atomic E-state index is 5.97. The van der Waals surface area contributed by atoms with E-state index in [4.69, 9.17) is 17.3 Å². The molecule has 0 aliphatic heterocycles. The lowest BCUT2D eigenvalue weighted by atomic mass is 10.3. The molecule has 1 aromatic rings. The quantitative estimate of drug-likeness (QED) is 0.728. The molecule has 0 aliphatic rings. The number of aromatic nitrogens is 2. The van der Waals surface area contributed by atoms with Crippen molar-refractivity contribution in [2.75, 3.05) is 0 Å². The highest BCUT2D eigenvalue weighted by Gasteiger charge is 2.10. The summed E-state index contributed by atoms with van der Waals surface area (Å²) in [7, 11) is 1.85. The van der Waals surface area contributed by atoms with Crippen molar-refractivity contribution in [2.45, 2.75) is 19.9 Å². The van der Waals surface area contributed by atoms with Gasteiger partial charge in [-0.3, -0.25) is 4.68 Å². The van der Waals surface area contributed by atoms with E-state index in [9.17, 15) is 0 Å². The van der Waals surface area contributed by atoms with Gasteiger partial charge in [0.2, 0.25) is 0 Å². The van der Waals surface area contributed by atoms with Crippen molar-refractivity contribution in [2.24, 2.45) is 12.8 Å². The van der Waals surface area contributed by atoms with Crippen molar-refractivity contribution in [3.63, 3.8) is 0 Å². The number of rotatable bonds is 2. The molecule has 2 N–H and O–H groups in total. The van der Waals surface area contributed by atoms with Gasteiger partial charge >= 0.3 is 0 Å². The second kappa shape index (κ2) is 3.24. The molecule has 0 atom stereocenters. The van der Waals surface area contributed by atoms with Crippen molar-refractivity contribution >= 4 is 11.6 Å². The zero-order chi connectivity index (χ0) is 8.43. The second-order valence-electron chi connectivity index (χ2n) is 2.39. The highest BCUT2D eigenvalue weighted by atomic mass is 35.5. The van der Waals surface area contributed by atoms with Gasteiger partial charge in [-0.15, -0.1) is 0 Å². The van der Waals surface area contributed by atoms with Gasteiger partial charge in [0.1, 0.15) is 0 Å². The smallest absolute Gasteiger partial charge is 0.0862 e. The molecule has 3 nitrogen and oxygen atoms in total. The lowest BCUT2D eigenvalue weighted by molar-refractivity contribution is 0.700. The van der Waals surface area contributed by atoms with Crippen molar-refractivity contribution in [3.05, 3.63) is 16.4 Å². The highest BCUT2D eigenvalue weighted by Crippen LogP contribution is 2.19. The first-order chi connectivity index (χ1) is 5.20. The van der Waals surface area contributed by atoms with Crippen molar-refractivity contribution in [1.82, 2.24) is 9.78 Å². The Morgan fingerprint density at radius 1 is 1.64 bits per heavy atom. The summed E-state index contributed by atoms with van der Waals surface area (Å²) in [5.74, 6) is 0. The fourth-order valence-corrected chi connectivity index (χ4v) is 1.41. The van der Waals surface area contributed by atoms with Crippen LogP contribution in [0.15, 0.2) is 0 Å². The van der Waals surface area contributed by atoms with E-state index in [0.717, 1.165) is 22.8 Å². The molecule has 62 valence electrons. The van der Waals surface area contributed by atoms with Crippen LogP contribution < -0.4 is 5.73 Å². The van der Waals surface area contributed by atoms with Gasteiger partial charge in [0.25, 0.3) is 0 Å². The summed E-state index contributed by atoms with van der Waals surface area (Å²) < 4.78 is 1.74. The van der Waals surface area contributed by atoms with E-state index in [2.05, 4.69) is 5.10 Å². The predicted molar refractivity (Wildman–Crippen MR) is 45.5 cm³/mol. The first kappa shape index (κ1) is 8.56. The fraction of sp³-hybridized carbons (Fsp3) is 0.571. The van der Waals surface area contributed by atoms with E-state index >= 15 is 0 Å². The molecule has 1 heterocycles. The Hall–Kier alpha value is -0.540. The van der Waals surface area contributed by atoms with Gasteiger partial charge in [-0.2, -0.15) is 5.10 Å². The summed E-state index contributed by atoms with van der Waals surface area (Å²) >= 11 is 5.97. The van der Waals surface area contributed by atoms with Gasteiger partial charge in [0.05, 0.1) is 16.4 Å². The zero-order valence-electron chi connectivity index (χ0n) is 6.76.